The molecule has 4 nitrogen and oxygen atoms in total. The molecule has 0 aromatic carbocycles. The van der Waals surface area contributed by atoms with Crippen LogP contribution in [0, 0.1) is 0 Å². The van der Waals surface area contributed by atoms with Crippen molar-refractivity contribution in [3.63, 3.8) is 0 Å². The molecule has 4 heteroatoms. The lowest BCUT2D eigenvalue weighted by atomic mass is 10.0. The lowest BCUT2D eigenvalue weighted by Crippen LogP contribution is -2.52. The van der Waals surface area contributed by atoms with Crippen molar-refractivity contribution in [3.05, 3.63) is 0 Å². The molecule has 0 bridgehead atoms. The van der Waals surface area contributed by atoms with Crippen LogP contribution in [0.25, 0.3) is 0 Å². The van der Waals surface area contributed by atoms with Gasteiger partial charge in [0.15, 0.2) is 0 Å². The first-order valence-corrected chi connectivity index (χ1v) is 4.20. The highest BCUT2D eigenvalue weighted by molar-refractivity contribution is 5.82. The van der Waals surface area contributed by atoms with E-state index >= 15 is 0 Å². The van der Waals surface area contributed by atoms with Gasteiger partial charge < -0.3 is 10.0 Å². The van der Waals surface area contributed by atoms with Gasteiger partial charge in [-0.05, 0) is 27.7 Å². The number of carbonyl (C=O) groups excluding carboxylic acids is 1. The molecule has 13 heavy (non-hydrogen) atoms. The fraction of sp³-hybridized carbons (Fsp3) is 0.778. The van der Waals surface area contributed by atoms with Gasteiger partial charge in [0.2, 0.25) is 5.91 Å². The summed E-state index contributed by atoms with van der Waals surface area (Å²) in [5.74, 6) is -1.20. The van der Waals surface area contributed by atoms with Gasteiger partial charge in [-0.15, -0.1) is 0 Å². The quantitative estimate of drug-likeness (QED) is 0.704. The number of carboxylic acids is 1. The van der Waals surface area contributed by atoms with Gasteiger partial charge in [0, 0.05) is 12.5 Å². The summed E-state index contributed by atoms with van der Waals surface area (Å²) in [5.41, 5.74) is -0.455. The Balaban J connectivity index is 4.83. The van der Waals surface area contributed by atoms with Crippen molar-refractivity contribution < 1.29 is 14.7 Å². The monoisotopic (exact) mass is 187 g/mol. The van der Waals surface area contributed by atoms with E-state index in [1.54, 1.807) is 0 Å². The number of hydrogen-bond donors (Lipinski definition) is 1. The lowest BCUT2D eigenvalue weighted by Gasteiger charge is -2.37. The molecule has 76 valence electrons. The van der Waals surface area contributed by atoms with E-state index in [-0.39, 0.29) is 5.91 Å². The molecule has 0 aromatic rings. The van der Waals surface area contributed by atoms with Crippen molar-refractivity contribution in [1.82, 2.24) is 4.90 Å². The molecular weight excluding hydrogens is 170 g/mol. The second-order valence-electron chi connectivity index (χ2n) is 4.07. The number of aliphatic carboxylic acids is 1. The average molecular weight is 187 g/mol. The van der Waals surface area contributed by atoms with Gasteiger partial charge >= 0.3 is 5.97 Å². The van der Waals surface area contributed by atoms with Crippen LogP contribution in [0.3, 0.4) is 0 Å². The Morgan fingerprint density at radius 3 is 1.77 bits per heavy atom. The Morgan fingerprint density at radius 2 is 1.69 bits per heavy atom. The van der Waals surface area contributed by atoms with E-state index in [2.05, 4.69) is 0 Å². The first-order valence-electron chi connectivity index (χ1n) is 4.20. The van der Waals surface area contributed by atoms with Crippen LogP contribution < -0.4 is 0 Å². The molecule has 1 amide bonds. The number of hydrogen-bond acceptors (Lipinski definition) is 2. The van der Waals surface area contributed by atoms with Crippen LogP contribution in [-0.2, 0) is 9.59 Å². The number of nitrogens with zero attached hydrogens (tertiary/aromatic N) is 1. The van der Waals surface area contributed by atoms with E-state index in [1.807, 2.05) is 20.8 Å². The molecule has 0 heterocycles. The van der Waals surface area contributed by atoms with Gasteiger partial charge in [0.1, 0.15) is 6.04 Å². The molecule has 1 atom stereocenters. The maximum Gasteiger partial charge on any atom is 0.326 e. The minimum absolute atomic E-state index is 0.220. The van der Waals surface area contributed by atoms with Crippen molar-refractivity contribution in [3.8, 4) is 0 Å². The van der Waals surface area contributed by atoms with Crippen molar-refractivity contribution >= 4 is 11.9 Å². The second kappa shape index (κ2) is 3.77. The molecular formula is C9H17NO3. The molecule has 0 radical (unpaired) electrons. The smallest absolute Gasteiger partial charge is 0.326 e. The molecule has 0 saturated carbocycles. The van der Waals surface area contributed by atoms with Crippen LogP contribution in [0.1, 0.15) is 34.6 Å². The Hall–Kier alpha value is -1.06. The lowest BCUT2D eigenvalue weighted by molar-refractivity contribution is -0.153. The summed E-state index contributed by atoms with van der Waals surface area (Å²) in [6.07, 6.45) is 0. The van der Waals surface area contributed by atoms with Gasteiger partial charge in [-0.25, -0.2) is 4.79 Å². The maximum absolute atomic E-state index is 11.2. The Bertz CT molecular complexity index is 217. The van der Waals surface area contributed by atoms with Gasteiger partial charge in [-0.1, -0.05) is 0 Å². The third kappa shape index (κ3) is 3.05. The second-order valence-corrected chi connectivity index (χ2v) is 4.07. The minimum atomic E-state index is -0.981. The van der Waals surface area contributed by atoms with Crippen LogP contribution in [-0.4, -0.2) is 33.5 Å². The zero-order chi connectivity index (χ0) is 10.8. The molecule has 0 fully saturated rings. The third-order valence-electron chi connectivity index (χ3n) is 1.81. The summed E-state index contributed by atoms with van der Waals surface area (Å²) < 4.78 is 0. The Morgan fingerprint density at radius 1 is 1.31 bits per heavy atom. The first kappa shape index (κ1) is 11.9. The van der Waals surface area contributed by atoms with Crippen LogP contribution in [0.5, 0.6) is 0 Å². The third-order valence-corrected chi connectivity index (χ3v) is 1.81. The highest BCUT2D eigenvalue weighted by atomic mass is 16.4. The van der Waals surface area contributed by atoms with Crippen molar-refractivity contribution in [1.29, 1.82) is 0 Å². The average Bonchev–Trinajstić information content (AvgIpc) is 1.82. The normalized spacial score (nSPS) is 13.6. The topological polar surface area (TPSA) is 57.6 Å². The van der Waals surface area contributed by atoms with Crippen LogP contribution >= 0.6 is 0 Å². The number of carbonyl (C=O) groups is 2. The number of carboxylic acid groups (broad SMARTS) is 1. The van der Waals surface area contributed by atoms with Gasteiger partial charge in [-0.2, -0.15) is 0 Å². The zero-order valence-corrected chi connectivity index (χ0v) is 8.79. The van der Waals surface area contributed by atoms with Crippen molar-refractivity contribution in [2.45, 2.75) is 46.2 Å². The van der Waals surface area contributed by atoms with Gasteiger partial charge in [0.05, 0.1) is 0 Å². The first-order chi connectivity index (χ1) is 5.68. The zero-order valence-electron chi connectivity index (χ0n) is 8.79. The van der Waals surface area contributed by atoms with Gasteiger partial charge in [0.25, 0.3) is 0 Å². The molecule has 0 aliphatic heterocycles. The van der Waals surface area contributed by atoms with Crippen LogP contribution in [0.15, 0.2) is 0 Å². The summed E-state index contributed by atoms with van der Waals surface area (Å²) in [5, 5.41) is 8.77. The highest BCUT2D eigenvalue weighted by Gasteiger charge is 2.32. The van der Waals surface area contributed by atoms with E-state index in [9.17, 15) is 9.59 Å². The molecule has 0 aliphatic carbocycles. The predicted molar refractivity (Wildman–Crippen MR) is 49.4 cm³/mol. The largest absolute Gasteiger partial charge is 0.480 e. The van der Waals surface area contributed by atoms with Crippen LogP contribution in [0.4, 0.5) is 0 Å². The summed E-state index contributed by atoms with van der Waals surface area (Å²) in [6, 6.07) is -0.780. The van der Waals surface area contributed by atoms with E-state index in [0.29, 0.717) is 0 Å². The van der Waals surface area contributed by atoms with Gasteiger partial charge in [-0.3, -0.25) is 4.79 Å². The summed E-state index contributed by atoms with van der Waals surface area (Å²) >= 11 is 0. The fourth-order valence-electron chi connectivity index (χ4n) is 1.44. The Labute approximate surface area is 78.5 Å². The predicted octanol–water partition coefficient (Wildman–Crippen LogP) is 1.11. The Kier molecular flexibility index (Phi) is 3.46. The summed E-state index contributed by atoms with van der Waals surface area (Å²) in [6.45, 7) is 8.33. The van der Waals surface area contributed by atoms with Crippen LogP contribution in [0.2, 0.25) is 0 Å². The molecule has 0 aromatic heterocycles. The van der Waals surface area contributed by atoms with E-state index in [4.69, 9.17) is 5.11 Å². The minimum Gasteiger partial charge on any atom is -0.480 e. The molecule has 1 unspecified atom stereocenters. The van der Waals surface area contributed by atoms with E-state index < -0.39 is 17.6 Å². The molecule has 0 saturated heterocycles. The summed E-state index contributed by atoms with van der Waals surface area (Å²) in [7, 11) is 0. The fourth-order valence-corrected chi connectivity index (χ4v) is 1.44. The SMILES string of the molecule is CC(=O)N(C(C)C(=O)O)C(C)(C)C. The summed E-state index contributed by atoms with van der Waals surface area (Å²) in [4.78, 5) is 23.3. The highest BCUT2D eigenvalue weighted by Crippen LogP contribution is 2.17. The maximum atomic E-state index is 11.2. The molecule has 0 rings (SSSR count). The van der Waals surface area contributed by atoms with E-state index in [1.165, 1.54) is 18.7 Å². The molecule has 0 aliphatic rings. The number of amides is 1. The molecule has 0 spiro atoms. The van der Waals surface area contributed by atoms with Crippen molar-refractivity contribution in [2.24, 2.45) is 0 Å². The van der Waals surface area contributed by atoms with Crippen molar-refractivity contribution in [2.75, 3.05) is 0 Å². The molecule has 1 N–H and O–H groups in total. The number of rotatable bonds is 2. The standard InChI is InChI=1S/C9H17NO3/c1-6(8(12)13)10(7(2)11)9(3,4)5/h6H,1-5H3,(H,12,13). The van der Waals surface area contributed by atoms with E-state index in [0.717, 1.165) is 0 Å².